The fourth-order valence-electron chi connectivity index (χ4n) is 1.21. The van der Waals surface area contributed by atoms with E-state index in [0.717, 1.165) is 29.6 Å². The molecule has 1 atom stereocenters. The molecule has 0 aromatic heterocycles. The fraction of sp³-hybridized carbons (Fsp3) is 0.385. The van der Waals surface area contributed by atoms with Crippen LogP contribution in [0.4, 0.5) is 0 Å². The Kier molecular flexibility index (Phi) is 11.6. The quantitative estimate of drug-likeness (QED) is 0.756. The number of aliphatic hydroxyl groups excluding tert-OH is 1. The maximum atomic E-state index is 11.5. The van der Waals surface area contributed by atoms with Gasteiger partial charge in [0.15, 0.2) is 0 Å². The Morgan fingerprint density at radius 1 is 1.25 bits per heavy atom. The molecule has 0 saturated heterocycles. The maximum Gasteiger partial charge on any atom is 0.0573 e. The van der Waals surface area contributed by atoms with Gasteiger partial charge in [0.05, 0.1) is 10.8 Å². The van der Waals surface area contributed by atoms with Crippen LogP contribution in [0.15, 0.2) is 47.9 Å². The van der Waals surface area contributed by atoms with E-state index >= 15 is 0 Å². The summed E-state index contributed by atoms with van der Waals surface area (Å²) in [5.74, 6) is 0.568. The lowest BCUT2D eigenvalue weighted by atomic mass is 10.1. The van der Waals surface area contributed by atoms with Gasteiger partial charge in [0.2, 0.25) is 0 Å². The van der Waals surface area contributed by atoms with Crippen LogP contribution in [0.2, 0.25) is 0 Å². The van der Waals surface area contributed by atoms with Gasteiger partial charge in [-0.15, -0.1) is 0 Å². The third-order valence-corrected chi connectivity index (χ3v) is 3.36. The van der Waals surface area contributed by atoms with Gasteiger partial charge in [0.25, 0.3) is 0 Å². The molecule has 0 aromatic rings. The van der Waals surface area contributed by atoms with E-state index in [1.807, 2.05) is 13.8 Å². The van der Waals surface area contributed by atoms with Crippen LogP contribution >= 0.6 is 0 Å². The Morgan fingerprint density at radius 3 is 2.12 bits per heavy atom. The summed E-state index contributed by atoms with van der Waals surface area (Å²) in [5, 5.41) is 7.00. The highest BCUT2D eigenvalue weighted by Gasteiger charge is 2.16. The van der Waals surface area contributed by atoms with Crippen molar-refractivity contribution in [2.75, 3.05) is 12.9 Å². The predicted molar refractivity (Wildman–Crippen MR) is 73.7 cm³/mol. The van der Waals surface area contributed by atoms with Gasteiger partial charge in [-0.2, -0.15) is 0 Å². The molecule has 0 amide bonds. The normalized spacial score (nSPS) is 18.8. The van der Waals surface area contributed by atoms with E-state index in [2.05, 4.69) is 19.7 Å². The zero-order valence-electron chi connectivity index (χ0n) is 10.5. The highest BCUT2D eigenvalue weighted by molar-refractivity contribution is 7.89. The Morgan fingerprint density at radius 2 is 1.75 bits per heavy atom. The van der Waals surface area contributed by atoms with Gasteiger partial charge >= 0.3 is 0 Å². The summed E-state index contributed by atoms with van der Waals surface area (Å²) in [4.78, 5) is 0.817. The van der Waals surface area contributed by atoms with Crippen LogP contribution in [0.1, 0.15) is 20.3 Å². The summed E-state index contributed by atoms with van der Waals surface area (Å²) in [6.45, 7) is 15.1. The first-order valence-electron chi connectivity index (χ1n) is 5.16. The summed E-state index contributed by atoms with van der Waals surface area (Å²) in [7, 11) is 0.0527. The number of rotatable bonds is 2. The van der Waals surface area contributed by atoms with Gasteiger partial charge in [0.1, 0.15) is 0 Å². The molecule has 0 aliphatic carbocycles. The van der Waals surface area contributed by atoms with Crippen LogP contribution in [-0.4, -0.2) is 22.2 Å². The first kappa shape index (κ1) is 17.5. The molecular weight excluding hydrogens is 220 g/mol. The Labute approximate surface area is 102 Å². The van der Waals surface area contributed by atoms with Crippen molar-refractivity contribution in [3.63, 3.8) is 0 Å². The van der Waals surface area contributed by atoms with Gasteiger partial charge < -0.3 is 5.11 Å². The van der Waals surface area contributed by atoms with Gasteiger partial charge in [0, 0.05) is 17.8 Å². The minimum Gasteiger partial charge on any atom is -0.400 e. The Hall–Kier alpha value is -0.930. The van der Waals surface area contributed by atoms with Gasteiger partial charge in [-0.3, -0.25) is 4.21 Å². The molecule has 0 spiro atoms. The largest absolute Gasteiger partial charge is 0.400 e. The predicted octanol–water partition coefficient (Wildman–Crippen LogP) is 2.96. The van der Waals surface area contributed by atoms with Crippen LogP contribution < -0.4 is 0 Å². The van der Waals surface area contributed by atoms with Crippen molar-refractivity contribution in [2.45, 2.75) is 20.3 Å². The second-order valence-electron chi connectivity index (χ2n) is 2.71. The maximum absolute atomic E-state index is 11.5. The molecule has 0 fully saturated rings. The third kappa shape index (κ3) is 5.24. The fourth-order valence-corrected chi connectivity index (χ4v) is 2.48. The van der Waals surface area contributed by atoms with Crippen molar-refractivity contribution >= 4 is 10.8 Å². The average molecular weight is 242 g/mol. The van der Waals surface area contributed by atoms with Crippen molar-refractivity contribution in [3.05, 3.63) is 47.9 Å². The molecule has 0 aromatic carbocycles. The zero-order valence-corrected chi connectivity index (χ0v) is 11.3. The molecule has 2 nitrogen and oxygen atoms in total. The van der Waals surface area contributed by atoms with Crippen molar-refractivity contribution in [1.82, 2.24) is 0 Å². The van der Waals surface area contributed by atoms with Crippen molar-refractivity contribution < 1.29 is 9.32 Å². The SMILES string of the molecule is C=CC1=C(C=C)S(=O)CC(=C)C1.CC.CO. The molecule has 3 heteroatoms. The summed E-state index contributed by atoms with van der Waals surface area (Å²) in [5.41, 5.74) is 2.01. The first-order chi connectivity index (χ1) is 7.69. The monoisotopic (exact) mass is 242 g/mol. The van der Waals surface area contributed by atoms with E-state index < -0.39 is 10.8 Å². The number of aliphatic hydroxyl groups is 1. The van der Waals surface area contributed by atoms with Crippen molar-refractivity contribution in [1.29, 1.82) is 0 Å². The number of hydrogen-bond acceptors (Lipinski definition) is 2. The van der Waals surface area contributed by atoms with E-state index in [9.17, 15) is 4.21 Å². The number of hydrogen-bond donors (Lipinski definition) is 1. The molecule has 1 aliphatic rings. The molecule has 92 valence electrons. The van der Waals surface area contributed by atoms with Gasteiger partial charge in [-0.05, 0) is 12.0 Å². The van der Waals surface area contributed by atoms with Crippen LogP contribution in [0.25, 0.3) is 0 Å². The lowest BCUT2D eigenvalue weighted by Crippen LogP contribution is -2.10. The standard InChI is InChI=1S/C10H12OS.C2H6.CH4O/c1-4-9-6-8(3)7-12(11)10(9)5-2;2*1-2/h4-5H,1-3,6-7H2;1-2H3;2H,1H3. The van der Waals surface area contributed by atoms with Gasteiger partial charge in [-0.1, -0.05) is 51.3 Å². The zero-order chi connectivity index (χ0) is 13.1. The molecule has 0 saturated carbocycles. The summed E-state index contributed by atoms with van der Waals surface area (Å²) >= 11 is 0. The molecule has 1 aliphatic heterocycles. The topological polar surface area (TPSA) is 37.3 Å². The highest BCUT2D eigenvalue weighted by Crippen LogP contribution is 2.25. The smallest absolute Gasteiger partial charge is 0.0573 e. The minimum atomic E-state index is -0.947. The first-order valence-corrected chi connectivity index (χ1v) is 6.48. The van der Waals surface area contributed by atoms with Crippen molar-refractivity contribution in [2.24, 2.45) is 0 Å². The van der Waals surface area contributed by atoms with Gasteiger partial charge in [-0.25, -0.2) is 0 Å². The molecule has 1 heterocycles. The van der Waals surface area contributed by atoms with Crippen molar-refractivity contribution in [3.8, 4) is 0 Å². The van der Waals surface area contributed by atoms with E-state index in [0.29, 0.717) is 5.75 Å². The average Bonchev–Trinajstić information content (AvgIpc) is 2.33. The van der Waals surface area contributed by atoms with Crippen LogP contribution in [0.5, 0.6) is 0 Å². The molecule has 0 bridgehead atoms. The van der Waals surface area contributed by atoms with E-state index in [4.69, 9.17) is 5.11 Å². The molecule has 16 heavy (non-hydrogen) atoms. The molecule has 0 radical (unpaired) electrons. The Balaban J connectivity index is 0. The lowest BCUT2D eigenvalue weighted by molar-refractivity contribution is 0.399. The number of allylic oxidation sites excluding steroid dienone is 3. The Bertz CT molecular complexity index is 301. The van der Waals surface area contributed by atoms with E-state index in [-0.39, 0.29) is 0 Å². The second-order valence-corrected chi connectivity index (χ2v) is 4.13. The summed E-state index contributed by atoms with van der Waals surface area (Å²) in [6.07, 6.45) is 4.18. The van der Waals surface area contributed by atoms with Crippen LogP contribution in [0, 0.1) is 0 Å². The minimum absolute atomic E-state index is 0.568. The molecule has 1 unspecified atom stereocenters. The van der Waals surface area contributed by atoms with E-state index in [1.165, 1.54) is 0 Å². The lowest BCUT2D eigenvalue weighted by Gasteiger charge is -2.16. The van der Waals surface area contributed by atoms with Crippen LogP contribution in [0.3, 0.4) is 0 Å². The third-order valence-electron chi connectivity index (χ3n) is 1.77. The summed E-state index contributed by atoms with van der Waals surface area (Å²) < 4.78 is 11.5. The molecule has 1 N–H and O–H groups in total. The molecular formula is C13H22O2S. The second kappa shape index (κ2) is 10.6. The summed E-state index contributed by atoms with van der Waals surface area (Å²) in [6, 6.07) is 0. The molecule has 1 rings (SSSR count). The van der Waals surface area contributed by atoms with Crippen LogP contribution in [-0.2, 0) is 10.8 Å². The highest BCUT2D eigenvalue weighted by atomic mass is 32.2. The van der Waals surface area contributed by atoms with E-state index in [1.54, 1.807) is 12.2 Å².